The largest absolute Gasteiger partial charge is 0.493 e. The number of amides is 3. The summed E-state index contributed by atoms with van der Waals surface area (Å²) >= 11 is 0. The molecular formula is C46H49N7O9. The van der Waals surface area contributed by atoms with Gasteiger partial charge in [-0.25, -0.2) is 19.8 Å². The second-order valence-corrected chi connectivity index (χ2v) is 16.7. The predicted octanol–water partition coefficient (Wildman–Crippen LogP) is 6.51. The molecule has 322 valence electrons. The summed E-state index contributed by atoms with van der Waals surface area (Å²) in [5, 5.41) is 9.36. The van der Waals surface area contributed by atoms with Gasteiger partial charge in [0.05, 0.1) is 49.1 Å². The van der Waals surface area contributed by atoms with Gasteiger partial charge in [0.25, 0.3) is 0 Å². The monoisotopic (exact) mass is 843 g/mol. The molecule has 0 unspecified atom stereocenters. The van der Waals surface area contributed by atoms with Crippen molar-refractivity contribution >= 4 is 34.7 Å². The highest BCUT2D eigenvalue weighted by Crippen LogP contribution is 2.48. The summed E-state index contributed by atoms with van der Waals surface area (Å²) in [4.78, 5) is 55.9. The molecular weight excluding hydrogens is 795 g/mol. The van der Waals surface area contributed by atoms with E-state index in [1.165, 1.54) is 12.5 Å². The molecule has 0 radical (unpaired) electrons. The van der Waals surface area contributed by atoms with E-state index in [0.29, 0.717) is 95.9 Å². The first-order valence-corrected chi connectivity index (χ1v) is 20.9. The first-order valence-electron chi connectivity index (χ1n) is 20.9. The number of benzene rings is 3. The summed E-state index contributed by atoms with van der Waals surface area (Å²) in [5.74, 6) is 3.21. The molecule has 1 saturated carbocycles. The molecule has 5 heterocycles. The van der Waals surface area contributed by atoms with Gasteiger partial charge in [-0.2, -0.15) is 5.10 Å². The maximum absolute atomic E-state index is 14.3. The van der Waals surface area contributed by atoms with Gasteiger partial charge in [-0.1, -0.05) is 44.2 Å². The first kappa shape index (κ1) is 40.6. The van der Waals surface area contributed by atoms with Crippen LogP contribution in [0.3, 0.4) is 0 Å². The Morgan fingerprint density at radius 3 is 2.47 bits per heavy atom. The average Bonchev–Trinajstić information content (AvgIpc) is 3.85. The number of likely N-dealkylation sites (tertiary alicyclic amines) is 1. The summed E-state index contributed by atoms with van der Waals surface area (Å²) in [7, 11) is 3.17. The van der Waals surface area contributed by atoms with Crippen LogP contribution in [0.5, 0.6) is 34.5 Å². The van der Waals surface area contributed by atoms with Crippen LogP contribution in [-0.2, 0) is 16.0 Å². The minimum absolute atomic E-state index is 0.0649. The maximum atomic E-state index is 14.3. The van der Waals surface area contributed by atoms with E-state index in [1.807, 2.05) is 74.5 Å². The topological polar surface area (TPSA) is 179 Å². The Morgan fingerprint density at radius 1 is 0.935 bits per heavy atom. The smallest absolute Gasteiger partial charge is 0.413 e. The predicted molar refractivity (Wildman–Crippen MR) is 228 cm³/mol. The number of nitrogens with one attached hydrogen (secondary N) is 2. The van der Waals surface area contributed by atoms with E-state index in [-0.39, 0.29) is 36.8 Å². The number of rotatable bonds is 13. The standard InChI is InChI=1S/C46H49N7O9/c1-46(2)22-32(29-12-13-33(57-3)36(21-29)58-4)51-53(44(46)55)30-16-18-52(19-17-30)43(54)31(20-27-8-6-5-7-9-27)50-45(56)62-37-23-47-41-39(37)48-25-49-40(41)38-34(59-24-28-10-11-28)14-15-35-42(38)61-26-60-35/h5-9,12-15,21,23,25,28,30-31,47H,10-11,16-20,22,24,26H2,1-4H3,(H,50,56)/t31-/m0/s1. The number of hydrazone groups is 1. The van der Waals surface area contributed by atoms with Gasteiger partial charge in [-0.3, -0.25) is 9.59 Å². The second-order valence-electron chi connectivity index (χ2n) is 16.7. The van der Waals surface area contributed by atoms with Gasteiger partial charge in [-0.15, -0.1) is 0 Å². The van der Waals surface area contributed by atoms with Gasteiger partial charge < -0.3 is 43.6 Å². The van der Waals surface area contributed by atoms with Gasteiger partial charge >= 0.3 is 6.09 Å². The van der Waals surface area contributed by atoms with Crippen LogP contribution in [-0.4, -0.2) is 101 Å². The summed E-state index contributed by atoms with van der Waals surface area (Å²) in [6.07, 6.45) is 6.07. The lowest BCUT2D eigenvalue weighted by Gasteiger charge is -2.42. The second kappa shape index (κ2) is 16.9. The summed E-state index contributed by atoms with van der Waals surface area (Å²) in [5.41, 5.74) is 3.75. The summed E-state index contributed by atoms with van der Waals surface area (Å²) in [6.45, 7) is 5.23. The first-order chi connectivity index (χ1) is 30.1. The Labute approximate surface area is 358 Å². The van der Waals surface area contributed by atoms with E-state index in [0.717, 1.165) is 29.7 Å². The van der Waals surface area contributed by atoms with Crippen molar-refractivity contribution in [3.05, 3.63) is 84.3 Å². The average molecular weight is 844 g/mol. The Morgan fingerprint density at radius 2 is 1.71 bits per heavy atom. The van der Waals surface area contributed by atoms with Crippen LogP contribution in [0.15, 0.2) is 78.3 Å². The fourth-order valence-electron chi connectivity index (χ4n) is 8.28. The van der Waals surface area contributed by atoms with E-state index >= 15 is 0 Å². The van der Waals surface area contributed by atoms with Crippen LogP contribution in [0.1, 0.15) is 57.1 Å². The van der Waals surface area contributed by atoms with Crippen molar-refractivity contribution in [2.45, 2.75) is 64.5 Å². The van der Waals surface area contributed by atoms with Crippen molar-refractivity contribution in [1.29, 1.82) is 0 Å². The van der Waals surface area contributed by atoms with E-state index in [4.69, 9.17) is 33.5 Å². The number of aromatic amines is 1. The number of hydrogen-bond acceptors (Lipinski definition) is 12. The molecule has 0 bridgehead atoms. The molecule has 1 atom stereocenters. The molecule has 0 spiro atoms. The van der Waals surface area contributed by atoms with Gasteiger partial charge in [-0.05, 0) is 67.5 Å². The van der Waals surface area contributed by atoms with E-state index < -0.39 is 17.6 Å². The third-order valence-electron chi connectivity index (χ3n) is 11.9. The Balaban J connectivity index is 0.912. The SMILES string of the molecule is COc1ccc(C2=NN(C3CCN(C(=O)[C@H](Cc4ccccc4)NC(=O)Oc4c[nH]c5c(-c6c(OCC7CC7)ccc7c6OCO7)ncnc45)CC3)C(=O)C(C)(C)C2)cc1OC. The molecule has 9 rings (SSSR count). The zero-order valence-corrected chi connectivity index (χ0v) is 35.1. The van der Waals surface area contributed by atoms with Crippen LogP contribution in [0.2, 0.25) is 0 Å². The molecule has 3 aliphatic heterocycles. The molecule has 1 saturated heterocycles. The third-order valence-corrected chi connectivity index (χ3v) is 11.9. The number of methoxy groups -OCH3 is 2. The van der Waals surface area contributed by atoms with Crippen LogP contribution in [0, 0.1) is 11.3 Å². The number of piperidine rings is 1. The summed E-state index contributed by atoms with van der Waals surface area (Å²) < 4.78 is 34.6. The van der Waals surface area contributed by atoms with Crippen LogP contribution < -0.4 is 33.7 Å². The van der Waals surface area contributed by atoms with E-state index in [9.17, 15) is 14.4 Å². The van der Waals surface area contributed by atoms with Crippen LogP contribution in [0.4, 0.5) is 4.79 Å². The fourth-order valence-corrected chi connectivity index (χ4v) is 8.28. The lowest BCUT2D eigenvalue weighted by molar-refractivity contribution is -0.145. The molecule has 3 amide bonds. The van der Waals surface area contributed by atoms with Crippen molar-refractivity contribution in [2.75, 3.05) is 40.7 Å². The van der Waals surface area contributed by atoms with Gasteiger partial charge in [0.1, 0.15) is 29.3 Å². The molecule has 2 aromatic heterocycles. The number of H-pyrrole nitrogens is 1. The Hall–Kier alpha value is -6.84. The van der Waals surface area contributed by atoms with Gasteiger partial charge in [0.15, 0.2) is 28.7 Å². The molecule has 3 aromatic carbocycles. The third kappa shape index (κ3) is 8.16. The molecule has 2 N–H and O–H groups in total. The molecule has 5 aromatic rings. The molecule has 62 heavy (non-hydrogen) atoms. The molecule has 16 nitrogen and oxygen atoms in total. The minimum atomic E-state index is -0.947. The number of aromatic nitrogens is 3. The minimum Gasteiger partial charge on any atom is -0.493 e. The molecule has 16 heteroatoms. The summed E-state index contributed by atoms with van der Waals surface area (Å²) in [6, 6.07) is 17.6. The molecule has 2 fully saturated rings. The number of fused-ring (bicyclic) bond motifs is 2. The van der Waals surface area contributed by atoms with Crippen molar-refractivity contribution < 1.29 is 42.8 Å². The number of ether oxygens (including phenoxy) is 6. The molecule has 4 aliphatic rings. The number of carbonyl (C=O) groups is 3. The highest BCUT2D eigenvalue weighted by molar-refractivity contribution is 6.06. The highest BCUT2D eigenvalue weighted by Gasteiger charge is 2.43. The number of nitrogens with zero attached hydrogens (tertiary/aromatic N) is 5. The molecule has 1 aliphatic carbocycles. The zero-order valence-electron chi connectivity index (χ0n) is 35.1. The van der Waals surface area contributed by atoms with Gasteiger partial charge in [0, 0.05) is 37.7 Å². The Bertz CT molecular complexity index is 2530. The van der Waals surface area contributed by atoms with Crippen LogP contribution in [0.25, 0.3) is 22.3 Å². The number of carbonyl (C=O) groups excluding carboxylic acids is 3. The van der Waals surface area contributed by atoms with Crippen molar-refractivity contribution in [2.24, 2.45) is 16.4 Å². The lowest BCUT2D eigenvalue weighted by Crippen LogP contribution is -2.55. The van der Waals surface area contributed by atoms with Gasteiger partial charge in [0.2, 0.25) is 18.6 Å². The quantitative estimate of drug-likeness (QED) is 0.132. The lowest BCUT2D eigenvalue weighted by atomic mass is 9.82. The van der Waals surface area contributed by atoms with E-state index in [2.05, 4.69) is 20.3 Å². The number of hydrogen-bond donors (Lipinski definition) is 2. The normalized spacial score (nSPS) is 17.7. The Kier molecular flexibility index (Phi) is 11.1. The van der Waals surface area contributed by atoms with Crippen molar-refractivity contribution in [1.82, 2.24) is 30.2 Å². The maximum Gasteiger partial charge on any atom is 0.413 e. The zero-order chi connectivity index (χ0) is 43.0. The van der Waals surface area contributed by atoms with Crippen molar-refractivity contribution in [3.8, 4) is 45.8 Å². The van der Waals surface area contributed by atoms with Crippen LogP contribution >= 0.6 is 0 Å². The van der Waals surface area contributed by atoms with E-state index in [1.54, 1.807) is 24.1 Å². The fraction of sp³-hybridized carbons (Fsp3) is 0.391. The highest BCUT2D eigenvalue weighted by atomic mass is 16.7. The van der Waals surface area contributed by atoms with Crippen molar-refractivity contribution in [3.63, 3.8) is 0 Å².